The van der Waals surface area contributed by atoms with Gasteiger partial charge in [-0.15, -0.1) is 0 Å². The molecule has 58 valence electrons. The summed E-state index contributed by atoms with van der Waals surface area (Å²) in [6.07, 6.45) is 3.25. The molecule has 2 rings (SSSR count). The van der Waals surface area contributed by atoms with Crippen LogP contribution in [0.25, 0.3) is 11.1 Å². The van der Waals surface area contributed by atoms with Crippen molar-refractivity contribution in [2.45, 2.75) is 0 Å². The molecule has 0 unspecified atom stereocenters. The first-order valence-corrected chi connectivity index (χ1v) is 6.33. The number of hydrogen-bond acceptors (Lipinski definition) is 3. The zero-order valence-corrected chi connectivity index (χ0v) is 8.07. The van der Waals surface area contributed by atoms with Crippen LogP contribution in [0.15, 0.2) is 23.1 Å². The quantitative estimate of drug-likeness (QED) is 0.342. The van der Waals surface area contributed by atoms with Gasteiger partial charge in [0.05, 0.1) is 0 Å². The second-order valence-corrected chi connectivity index (χ2v) is 4.09. The predicted octanol–water partition coefficient (Wildman–Crippen LogP) is -1.89. The van der Waals surface area contributed by atoms with Gasteiger partial charge in [-0.05, 0) is 0 Å². The van der Waals surface area contributed by atoms with E-state index in [4.69, 9.17) is 4.42 Å². The van der Waals surface area contributed by atoms with Crippen LogP contribution in [0, 0.1) is 3.70 Å². The van der Waals surface area contributed by atoms with Crippen molar-refractivity contribution in [3.05, 3.63) is 22.4 Å². The van der Waals surface area contributed by atoms with E-state index in [1.807, 2.05) is 6.07 Å². The monoisotopic (exact) mass is 261 g/mol. The number of alkyl halides is 1. The average Bonchev–Trinajstić information content (AvgIpc) is 2.50. The summed E-state index contributed by atoms with van der Waals surface area (Å²) in [6, 6.07) is 1.86. The van der Waals surface area contributed by atoms with Gasteiger partial charge in [-0.25, -0.2) is 0 Å². The van der Waals surface area contributed by atoms with Crippen LogP contribution >= 0.6 is 0 Å². The number of aromatic nitrogens is 2. The van der Waals surface area contributed by atoms with E-state index in [-0.39, 0.29) is 21.2 Å². The standard InChI is InChI=1S/C7H6IN2O/c1-8-7-6-5(2-3-11-6)9-4-10-7/h2-4H,1H3/q-1. The molecule has 0 fully saturated rings. The summed E-state index contributed by atoms with van der Waals surface area (Å²) in [4.78, 5) is 10.4. The van der Waals surface area contributed by atoms with Crippen molar-refractivity contribution < 1.29 is 25.6 Å². The van der Waals surface area contributed by atoms with Gasteiger partial charge in [0.2, 0.25) is 0 Å². The van der Waals surface area contributed by atoms with Gasteiger partial charge in [-0.2, -0.15) is 0 Å². The number of furan rings is 1. The molecule has 2 aromatic rings. The van der Waals surface area contributed by atoms with Crippen LogP contribution < -0.4 is 21.2 Å². The maximum absolute atomic E-state index is 5.24. The van der Waals surface area contributed by atoms with Crippen LogP contribution in [0.3, 0.4) is 0 Å². The molecule has 0 radical (unpaired) electrons. The SMILES string of the molecule is C[I-]c1ncnc2ccoc12. The summed E-state index contributed by atoms with van der Waals surface area (Å²) < 4.78 is 6.32. The van der Waals surface area contributed by atoms with Gasteiger partial charge in [0.15, 0.2) is 0 Å². The Bertz CT molecular complexity index is 371. The van der Waals surface area contributed by atoms with Crippen molar-refractivity contribution >= 4 is 11.1 Å². The summed E-state index contributed by atoms with van der Waals surface area (Å²) in [5.74, 6) is 0. The van der Waals surface area contributed by atoms with E-state index in [2.05, 4.69) is 14.9 Å². The number of hydrogen-bond donors (Lipinski definition) is 0. The molecule has 0 aromatic carbocycles. The minimum atomic E-state index is -0.0116. The van der Waals surface area contributed by atoms with E-state index in [0.717, 1.165) is 14.8 Å². The van der Waals surface area contributed by atoms with Gasteiger partial charge < -0.3 is 0 Å². The summed E-state index contributed by atoms with van der Waals surface area (Å²) in [7, 11) is 0. The second-order valence-electron chi connectivity index (χ2n) is 1.99. The van der Waals surface area contributed by atoms with Crippen LogP contribution in [0.1, 0.15) is 0 Å². The normalized spacial score (nSPS) is 11.0. The third-order valence-electron chi connectivity index (χ3n) is 1.38. The van der Waals surface area contributed by atoms with Crippen molar-refractivity contribution in [1.82, 2.24) is 9.97 Å². The summed E-state index contributed by atoms with van der Waals surface area (Å²) in [5.41, 5.74) is 1.78. The minimum absolute atomic E-state index is 0.0116. The van der Waals surface area contributed by atoms with Gasteiger partial charge in [-0.1, -0.05) is 0 Å². The Balaban J connectivity index is 2.79. The third kappa shape index (κ3) is 1.11. The number of nitrogens with zero attached hydrogens (tertiary/aromatic N) is 2. The first-order chi connectivity index (χ1) is 5.42. The van der Waals surface area contributed by atoms with Gasteiger partial charge in [0, 0.05) is 0 Å². The zero-order chi connectivity index (χ0) is 7.68. The molecule has 0 bridgehead atoms. The second kappa shape index (κ2) is 2.77. The molecule has 4 heteroatoms. The molecular formula is C7H6IN2O-. The van der Waals surface area contributed by atoms with Crippen LogP contribution in [0.2, 0.25) is 0 Å². The van der Waals surface area contributed by atoms with E-state index >= 15 is 0 Å². The molecule has 0 atom stereocenters. The van der Waals surface area contributed by atoms with Gasteiger partial charge in [-0.3, -0.25) is 0 Å². The van der Waals surface area contributed by atoms with Crippen LogP contribution in [0.4, 0.5) is 0 Å². The summed E-state index contributed by atoms with van der Waals surface area (Å²) in [5, 5.41) is 0. The zero-order valence-electron chi connectivity index (χ0n) is 5.91. The average molecular weight is 261 g/mol. The Hall–Kier alpha value is -0.650. The molecule has 2 heterocycles. The summed E-state index contributed by atoms with van der Waals surface area (Å²) in [6.45, 7) is 0. The molecule has 2 aromatic heterocycles. The van der Waals surface area contributed by atoms with E-state index in [9.17, 15) is 0 Å². The summed E-state index contributed by atoms with van der Waals surface area (Å²) >= 11 is -0.0116. The van der Waals surface area contributed by atoms with E-state index in [1.54, 1.807) is 12.6 Å². The van der Waals surface area contributed by atoms with Gasteiger partial charge in [0.1, 0.15) is 0 Å². The fraction of sp³-hybridized carbons (Fsp3) is 0.143. The Kier molecular flexibility index (Phi) is 1.77. The fourth-order valence-electron chi connectivity index (χ4n) is 0.894. The third-order valence-corrected chi connectivity index (χ3v) is 3.17. The molecule has 11 heavy (non-hydrogen) atoms. The predicted molar refractivity (Wildman–Crippen MR) is 36.4 cm³/mol. The van der Waals surface area contributed by atoms with Crippen molar-refractivity contribution in [3.63, 3.8) is 0 Å². The van der Waals surface area contributed by atoms with Gasteiger partial charge in [0.25, 0.3) is 0 Å². The molecule has 3 nitrogen and oxygen atoms in total. The van der Waals surface area contributed by atoms with Crippen LogP contribution in [0.5, 0.6) is 0 Å². The number of fused-ring (bicyclic) bond motifs is 1. The molecule has 0 spiro atoms. The topological polar surface area (TPSA) is 38.9 Å². The number of halogens is 1. The van der Waals surface area contributed by atoms with E-state index in [1.165, 1.54) is 0 Å². The van der Waals surface area contributed by atoms with Crippen molar-refractivity contribution in [2.75, 3.05) is 4.93 Å². The van der Waals surface area contributed by atoms with E-state index in [0.29, 0.717) is 0 Å². The van der Waals surface area contributed by atoms with E-state index < -0.39 is 0 Å². The molecule has 0 N–H and O–H groups in total. The first-order valence-electron chi connectivity index (χ1n) is 3.09. The molecule has 0 amide bonds. The number of rotatable bonds is 1. The molecular weight excluding hydrogens is 255 g/mol. The molecule has 0 saturated carbocycles. The van der Waals surface area contributed by atoms with Crippen molar-refractivity contribution in [3.8, 4) is 0 Å². The maximum atomic E-state index is 5.24. The molecule has 0 aliphatic rings. The Morgan fingerprint density at radius 2 is 2.36 bits per heavy atom. The van der Waals surface area contributed by atoms with Crippen molar-refractivity contribution in [1.29, 1.82) is 0 Å². The Morgan fingerprint density at radius 3 is 3.18 bits per heavy atom. The Labute approximate surface area is 74.1 Å². The van der Waals surface area contributed by atoms with Crippen LogP contribution in [-0.4, -0.2) is 14.9 Å². The van der Waals surface area contributed by atoms with Gasteiger partial charge >= 0.3 is 74.0 Å². The fourth-order valence-corrected chi connectivity index (χ4v) is 2.19. The first kappa shape index (κ1) is 7.02. The molecule has 0 saturated heterocycles. The molecule has 0 aliphatic carbocycles. The van der Waals surface area contributed by atoms with Crippen LogP contribution in [-0.2, 0) is 0 Å². The molecule has 0 aliphatic heterocycles. The Morgan fingerprint density at radius 1 is 1.45 bits per heavy atom. The van der Waals surface area contributed by atoms with Crippen molar-refractivity contribution in [2.24, 2.45) is 0 Å².